The Labute approximate surface area is 90.6 Å². The SMILES string of the molecule is CCCc1c(CCN)nnn1CCOC. The summed E-state index contributed by atoms with van der Waals surface area (Å²) >= 11 is 0. The molecular weight excluding hydrogens is 192 g/mol. The number of nitrogens with zero attached hydrogens (tertiary/aromatic N) is 3. The molecule has 0 aliphatic rings. The van der Waals surface area contributed by atoms with E-state index in [2.05, 4.69) is 17.2 Å². The zero-order valence-electron chi connectivity index (χ0n) is 9.57. The van der Waals surface area contributed by atoms with Crippen molar-refractivity contribution in [3.05, 3.63) is 11.4 Å². The third kappa shape index (κ3) is 3.28. The average Bonchev–Trinajstić information content (AvgIpc) is 2.60. The van der Waals surface area contributed by atoms with Gasteiger partial charge in [0, 0.05) is 13.5 Å². The molecule has 1 aromatic rings. The van der Waals surface area contributed by atoms with Crippen molar-refractivity contribution in [2.24, 2.45) is 5.73 Å². The van der Waals surface area contributed by atoms with Crippen LogP contribution in [0.2, 0.25) is 0 Å². The Kier molecular flexibility index (Phi) is 5.28. The Morgan fingerprint density at radius 3 is 2.80 bits per heavy atom. The summed E-state index contributed by atoms with van der Waals surface area (Å²) in [4.78, 5) is 0. The van der Waals surface area contributed by atoms with Crippen molar-refractivity contribution in [1.82, 2.24) is 15.0 Å². The molecule has 5 nitrogen and oxygen atoms in total. The van der Waals surface area contributed by atoms with E-state index in [1.165, 1.54) is 5.69 Å². The molecular formula is C10H20N4O. The summed E-state index contributed by atoms with van der Waals surface area (Å²) in [5, 5.41) is 8.28. The maximum absolute atomic E-state index is 5.53. The van der Waals surface area contributed by atoms with Gasteiger partial charge in [0.2, 0.25) is 0 Å². The molecule has 0 amide bonds. The van der Waals surface area contributed by atoms with E-state index >= 15 is 0 Å². The molecule has 0 bridgehead atoms. The molecule has 0 fully saturated rings. The first-order chi connectivity index (χ1) is 7.33. The van der Waals surface area contributed by atoms with E-state index < -0.39 is 0 Å². The van der Waals surface area contributed by atoms with Crippen LogP contribution in [0.1, 0.15) is 24.7 Å². The summed E-state index contributed by atoms with van der Waals surface area (Å²) in [6.45, 7) is 4.21. The largest absolute Gasteiger partial charge is 0.383 e. The van der Waals surface area contributed by atoms with Crippen molar-refractivity contribution in [2.75, 3.05) is 20.3 Å². The molecule has 0 saturated heterocycles. The van der Waals surface area contributed by atoms with Crippen LogP contribution in [-0.4, -0.2) is 35.3 Å². The zero-order valence-corrected chi connectivity index (χ0v) is 9.57. The Bertz CT molecular complexity index is 285. The molecule has 0 radical (unpaired) electrons. The smallest absolute Gasteiger partial charge is 0.0871 e. The molecule has 5 heteroatoms. The van der Waals surface area contributed by atoms with Crippen LogP contribution in [0.5, 0.6) is 0 Å². The average molecular weight is 212 g/mol. The maximum Gasteiger partial charge on any atom is 0.0871 e. The van der Waals surface area contributed by atoms with Crippen LogP contribution in [0, 0.1) is 0 Å². The highest BCUT2D eigenvalue weighted by atomic mass is 16.5. The predicted octanol–water partition coefficient (Wildman–Crippen LogP) is 0.378. The summed E-state index contributed by atoms with van der Waals surface area (Å²) in [6, 6.07) is 0. The fourth-order valence-electron chi connectivity index (χ4n) is 1.57. The first kappa shape index (κ1) is 12.1. The summed E-state index contributed by atoms with van der Waals surface area (Å²) in [6.07, 6.45) is 2.91. The van der Waals surface area contributed by atoms with Crippen LogP contribution in [-0.2, 0) is 24.1 Å². The third-order valence-electron chi connectivity index (χ3n) is 2.29. The van der Waals surface area contributed by atoms with Crippen LogP contribution < -0.4 is 5.73 Å². The first-order valence-corrected chi connectivity index (χ1v) is 5.43. The van der Waals surface area contributed by atoms with Gasteiger partial charge in [-0.1, -0.05) is 18.6 Å². The monoisotopic (exact) mass is 212 g/mol. The van der Waals surface area contributed by atoms with Gasteiger partial charge in [-0.15, -0.1) is 5.10 Å². The lowest BCUT2D eigenvalue weighted by atomic mass is 10.1. The third-order valence-corrected chi connectivity index (χ3v) is 2.29. The Hall–Kier alpha value is -0.940. The fourth-order valence-corrected chi connectivity index (χ4v) is 1.57. The standard InChI is InChI=1S/C10H20N4O/c1-3-4-10-9(5-6-11)12-13-14(10)7-8-15-2/h3-8,11H2,1-2H3. The fraction of sp³-hybridized carbons (Fsp3) is 0.800. The van der Waals surface area contributed by atoms with Gasteiger partial charge in [-0.05, 0) is 13.0 Å². The molecule has 1 heterocycles. The summed E-state index contributed by atoms with van der Waals surface area (Å²) in [7, 11) is 1.69. The van der Waals surface area contributed by atoms with E-state index in [0.717, 1.165) is 31.5 Å². The van der Waals surface area contributed by atoms with Gasteiger partial charge in [0.15, 0.2) is 0 Å². The summed E-state index contributed by atoms with van der Waals surface area (Å²) < 4.78 is 6.96. The van der Waals surface area contributed by atoms with Crippen LogP contribution in [0.4, 0.5) is 0 Å². The number of ether oxygens (including phenoxy) is 1. The number of nitrogens with two attached hydrogens (primary N) is 1. The van der Waals surface area contributed by atoms with E-state index in [1.54, 1.807) is 7.11 Å². The zero-order chi connectivity index (χ0) is 11.1. The van der Waals surface area contributed by atoms with Gasteiger partial charge in [-0.2, -0.15) is 0 Å². The minimum Gasteiger partial charge on any atom is -0.383 e. The van der Waals surface area contributed by atoms with Crippen molar-refractivity contribution in [3.8, 4) is 0 Å². The Morgan fingerprint density at radius 1 is 1.40 bits per heavy atom. The number of aromatic nitrogens is 3. The van der Waals surface area contributed by atoms with Crippen LogP contribution in [0.25, 0.3) is 0 Å². The predicted molar refractivity (Wildman–Crippen MR) is 58.7 cm³/mol. The summed E-state index contributed by atoms with van der Waals surface area (Å²) in [5.74, 6) is 0. The van der Waals surface area contributed by atoms with Crippen molar-refractivity contribution >= 4 is 0 Å². The van der Waals surface area contributed by atoms with Gasteiger partial charge in [0.05, 0.1) is 24.5 Å². The molecule has 1 aromatic heterocycles. The number of hydrogen-bond donors (Lipinski definition) is 1. The molecule has 0 spiro atoms. The van der Waals surface area contributed by atoms with Gasteiger partial charge in [-0.25, -0.2) is 4.68 Å². The normalized spacial score (nSPS) is 10.9. The Morgan fingerprint density at radius 2 is 2.20 bits per heavy atom. The number of rotatable bonds is 7. The summed E-state index contributed by atoms with van der Waals surface area (Å²) in [5.41, 5.74) is 7.78. The van der Waals surface area contributed by atoms with E-state index in [0.29, 0.717) is 13.2 Å². The molecule has 2 N–H and O–H groups in total. The second kappa shape index (κ2) is 6.53. The van der Waals surface area contributed by atoms with E-state index in [9.17, 15) is 0 Å². The first-order valence-electron chi connectivity index (χ1n) is 5.43. The van der Waals surface area contributed by atoms with Crippen molar-refractivity contribution < 1.29 is 4.74 Å². The van der Waals surface area contributed by atoms with Crippen molar-refractivity contribution in [3.63, 3.8) is 0 Å². The Balaban J connectivity index is 2.75. The van der Waals surface area contributed by atoms with Gasteiger partial charge in [0.25, 0.3) is 0 Å². The molecule has 15 heavy (non-hydrogen) atoms. The van der Waals surface area contributed by atoms with Crippen molar-refractivity contribution in [2.45, 2.75) is 32.7 Å². The molecule has 0 aliphatic carbocycles. The molecule has 0 unspecified atom stereocenters. The molecule has 0 aromatic carbocycles. The van der Waals surface area contributed by atoms with Gasteiger partial charge in [0.1, 0.15) is 0 Å². The highest BCUT2D eigenvalue weighted by molar-refractivity contribution is 5.10. The van der Waals surface area contributed by atoms with Gasteiger partial charge in [-0.3, -0.25) is 0 Å². The number of methoxy groups -OCH3 is 1. The molecule has 0 atom stereocenters. The highest BCUT2D eigenvalue weighted by Crippen LogP contribution is 2.08. The van der Waals surface area contributed by atoms with Gasteiger partial charge >= 0.3 is 0 Å². The minimum atomic E-state index is 0.625. The lowest BCUT2D eigenvalue weighted by Crippen LogP contribution is -2.11. The molecule has 0 saturated carbocycles. The second-order valence-corrected chi connectivity index (χ2v) is 3.49. The van der Waals surface area contributed by atoms with Crippen LogP contribution in [0.3, 0.4) is 0 Å². The van der Waals surface area contributed by atoms with Crippen molar-refractivity contribution in [1.29, 1.82) is 0 Å². The molecule has 1 rings (SSSR count). The van der Waals surface area contributed by atoms with Crippen LogP contribution in [0.15, 0.2) is 0 Å². The maximum atomic E-state index is 5.53. The molecule has 0 aliphatic heterocycles. The van der Waals surface area contributed by atoms with Gasteiger partial charge < -0.3 is 10.5 Å². The van der Waals surface area contributed by atoms with E-state index in [1.807, 2.05) is 4.68 Å². The molecule has 86 valence electrons. The quantitative estimate of drug-likeness (QED) is 0.709. The van der Waals surface area contributed by atoms with Crippen LogP contribution >= 0.6 is 0 Å². The van der Waals surface area contributed by atoms with E-state index in [-0.39, 0.29) is 0 Å². The lowest BCUT2D eigenvalue weighted by Gasteiger charge is -2.05. The lowest BCUT2D eigenvalue weighted by molar-refractivity contribution is 0.181. The minimum absolute atomic E-state index is 0.625. The highest BCUT2D eigenvalue weighted by Gasteiger charge is 2.10. The number of hydrogen-bond acceptors (Lipinski definition) is 4. The topological polar surface area (TPSA) is 66.0 Å². The second-order valence-electron chi connectivity index (χ2n) is 3.49. The van der Waals surface area contributed by atoms with E-state index in [4.69, 9.17) is 10.5 Å².